The predicted molar refractivity (Wildman–Crippen MR) is 67.5 cm³/mol. The lowest BCUT2D eigenvalue weighted by atomic mass is 9.99. The molecule has 0 saturated carbocycles. The molecule has 2 aromatic rings. The number of benzene rings is 2. The monoisotopic (exact) mass is 282 g/mol. The smallest absolute Gasteiger partial charge is 0.194 e. The largest absolute Gasteiger partial charge is 0.384 e. The summed E-state index contributed by atoms with van der Waals surface area (Å²) in [6.45, 7) is 0.334. The molecule has 5 heteroatoms. The van der Waals surface area contributed by atoms with E-state index in [1.165, 1.54) is 7.11 Å². The lowest BCUT2D eigenvalue weighted by Crippen LogP contribution is -2.06. The molecular formula is C15H13F3O2. The summed E-state index contributed by atoms with van der Waals surface area (Å²) in [5.74, 6) is -4.25. The average Bonchev–Trinajstić information content (AvgIpc) is 2.45. The van der Waals surface area contributed by atoms with Crippen LogP contribution in [0.25, 0.3) is 0 Å². The minimum absolute atomic E-state index is 0.307. The first-order valence-corrected chi connectivity index (χ1v) is 5.94. The van der Waals surface area contributed by atoms with Crippen molar-refractivity contribution in [2.45, 2.75) is 12.7 Å². The molecule has 0 heterocycles. The standard InChI is InChI=1S/C15H13F3O2/c1-20-8-9-3-2-4-10(7-9)15(19)11-5-6-12(16)14(18)13(11)17/h2-7,15,19H,8H2,1H3. The van der Waals surface area contributed by atoms with Gasteiger partial charge in [0.1, 0.15) is 6.10 Å². The molecule has 20 heavy (non-hydrogen) atoms. The molecule has 0 aliphatic carbocycles. The molecule has 0 spiro atoms. The number of rotatable bonds is 4. The molecule has 1 unspecified atom stereocenters. The number of hydrogen-bond donors (Lipinski definition) is 1. The van der Waals surface area contributed by atoms with Crippen LogP contribution >= 0.6 is 0 Å². The van der Waals surface area contributed by atoms with Gasteiger partial charge in [-0.15, -0.1) is 0 Å². The van der Waals surface area contributed by atoms with Gasteiger partial charge in [0.2, 0.25) is 0 Å². The molecule has 2 nitrogen and oxygen atoms in total. The number of hydrogen-bond acceptors (Lipinski definition) is 2. The second-order valence-corrected chi connectivity index (χ2v) is 4.35. The fourth-order valence-electron chi connectivity index (χ4n) is 1.95. The summed E-state index contributed by atoms with van der Waals surface area (Å²) in [6.07, 6.45) is -1.37. The highest BCUT2D eigenvalue weighted by molar-refractivity contribution is 5.33. The summed E-state index contributed by atoms with van der Waals surface area (Å²) in [7, 11) is 1.53. The fraction of sp³-hybridized carbons (Fsp3) is 0.200. The molecule has 0 bridgehead atoms. The molecule has 1 atom stereocenters. The quantitative estimate of drug-likeness (QED) is 0.872. The minimum Gasteiger partial charge on any atom is -0.384 e. The highest BCUT2D eigenvalue weighted by atomic mass is 19.2. The van der Waals surface area contributed by atoms with Gasteiger partial charge in [-0.05, 0) is 17.2 Å². The summed E-state index contributed by atoms with van der Waals surface area (Å²) in [6, 6.07) is 8.46. The van der Waals surface area contributed by atoms with E-state index in [0.717, 1.165) is 17.7 Å². The van der Waals surface area contributed by atoms with Gasteiger partial charge in [-0.2, -0.15) is 0 Å². The maximum atomic E-state index is 13.6. The Hall–Kier alpha value is -1.85. The van der Waals surface area contributed by atoms with Crippen LogP contribution in [0.15, 0.2) is 36.4 Å². The zero-order valence-corrected chi connectivity index (χ0v) is 10.7. The van der Waals surface area contributed by atoms with Crippen molar-refractivity contribution in [3.8, 4) is 0 Å². The van der Waals surface area contributed by atoms with E-state index in [0.29, 0.717) is 12.2 Å². The summed E-state index contributed by atoms with van der Waals surface area (Å²) < 4.78 is 44.7. The first-order chi connectivity index (χ1) is 9.54. The van der Waals surface area contributed by atoms with Crippen molar-refractivity contribution < 1.29 is 23.0 Å². The average molecular weight is 282 g/mol. The van der Waals surface area contributed by atoms with Crippen LogP contribution in [0.4, 0.5) is 13.2 Å². The Morgan fingerprint density at radius 2 is 1.85 bits per heavy atom. The molecule has 0 aromatic heterocycles. The Morgan fingerprint density at radius 1 is 1.10 bits per heavy atom. The summed E-state index contributed by atoms with van der Waals surface area (Å²) in [4.78, 5) is 0. The Kier molecular flexibility index (Phi) is 4.42. The van der Waals surface area contributed by atoms with E-state index in [-0.39, 0.29) is 5.56 Å². The molecule has 0 fully saturated rings. The van der Waals surface area contributed by atoms with E-state index in [1.54, 1.807) is 24.3 Å². The van der Waals surface area contributed by atoms with E-state index in [4.69, 9.17) is 4.74 Å². The molecule has 0 saturated heterocycles. The Morgan fingerprint density at radius 3 is 2.55 bits per heavy atom. The predicted octanol–water partition coefficient (Wildman–Crippen LogP) is 3.33. The van der Waals surface area contributed by atoms with Gasteiger partial charge in [0.05, 0.1) is 6.61 Å². The van der Waals surface area contributed by atoms with Gasteiger partial charge >= 0.3 is 0 Å². The van der Waals surface area contributed by atoms with Crippen molar-refractivity contribution >= 4 is 0 Å². The van der Waals surface area contributed by atoms with Crippen molar-refractivity contribution in [2.24, 2.45) is 0 Å². The zero-order valence-electron chi connectivity index (χ0n) is 10.7. The van der Waals surface area contributed by atoms with Crippen LogP contribution in [0.2, 0.25) is 0 Å². The first kappa shape index (κ1) is 14.6. The van der Waals surface area contributed by atoms with Crippen molar-refractivity contribution in [1.29, 1.82) is 0 Å². The third-order valence-corrected chi connectivity index (χ3v) is 2.94. The molecule has 106 valence electrons. The number of aliphatic hydroxyl groups excluding tert-OH is 1. The van der Waals surface area contributed by atoms with E-state index in [1.807, 2.05) is 0 Å². The summed E-state index contributed by atoms with van der Waals surface area (Å²) in [5.41, 5.74) is 0.856. The van der Waals surface area contributed by atoms with Gasteiger partial charge in [-0.3, -0.25) is 0 Å². The Balaban J connectivity index is 2.38. The third kappa shape index (κ3) is 2.84. The van der Waals surface area contributed by atoms with Crippen molar-refractivity contribution in [1.82, 2.24) is 0 Å². The van der Waals surface area contributed by atoms with Gasteiger partial charge in [0.25, 0.3) is 0 Å². The van der Waals surface area contributed by atoms with E-state index in [9.17, 15) is 18.3 Å². The van der Waals surface area contributed by atoms with Crippen LogP contribution in [0, 0.1) is 17.5 Å². The van der Waals surface area contributed by atoms with Gasteiger partial charge < -0.3 is 9.84 Å². The van der Waals surface area contributed by atoms with Gasteiger partial charge in [0, 0.05) is 12.7 Å². The van der Waals surface area contributed by atoms with Crippen LogP contribution in [0.3, 0.4) is 0 Å². The number of methoxy groups -OCH3 is 1. The van der Waals surface area contributed by atoms with E-state index < -0.39 is 23.6 Å². The maximum absolute atomic E-state index is 13.6. The molecule has 0 amide bonds. The van der Waals surface area contributed by atoms with Crippen molar-refractivity contribution in [3.63, 3.8) is 0 Å². The molecule has 0 aliphatic rings. The van der Waals surface area contributed by atoms with Crippen molar-refractivity contribution in [3.05, 3.63) is 70.5 Å². The lowest BCUT2D eigenvalue weighted by molar-refractivity contribution is 0.184. The van der Waals surface area contributed by atoms with Gasteiger partial charge in [-0.1, -0.05) is 30.3 Å². The summed E-state index contributed by atoms with van der Waals surface area (Å²) >= 11 is 0. The minimum atomic E-state index is -1.59. The summed E-state index contributed by atoms with van der Waals surface area (Å²) in [5, 5.41) is 10.1. The second kappa shape index (κ2) is 6.07. The zero-order chi connectivity index (χ0) is 14.7. The van der Waals surface area contributed by atoms with Crippen LogP contribution in [0.1, 0.15) is 22.8 Å². The molecule has 0 aliphatic heterocycles. The highest BCUT2D eigenvalue weighted by Gasteiger charge is 2.20. The van der Waals surface area contributed by atoms with Crippen LogP contribution in [-0.4, -0.2) is 12.2 Å². The molecular weight excluding hydrogens is 269 g/mol. The molecule has 1 N–H and O–H groups in total. The van der Waals surface area contributed by atoms with Gasteiger partial charge in [-0.25, -0.2) is 13.2 Å². The number of aliphatic hydroxyl groups is 1. The topological polar surface area (TPSA) is 29.5 Å². The SMILES string of the molecule is COCc1cccc(C(O)c2ccc(F)c(F)c2F)c1. The first-order valence-electron chi connectivity index (χ1n) is 5.94. The molecule has 0 radical (unpaired) electrons. The Bertz CT molecular complexity index is 614. The highest BCUT2D eigenvalue weighted by Crippen LogP contribution is 2.27. The van der Waals surface area contributed by atoms with E-state index >= 15 is 0 Å². The van der Waals surface area contributed by atoms with Crippen LogP contribution in [-0.2, 0) is 11.3 Å². The Labute approximate surface area is 114 Å². The van der Waals surface area contributed by atoms with Crippen molar-refractivity contribution in [2.75, 3.05) is 7.11 Å². The number of ether oxygens (including phenoxy) is 1. The van der Waals surface area contributed by atoms with E-state index in [2.05, 4.69) is 0 Å². The van der Waals surface area contributed by atoms with Gasteiger partial charge in [0.15, 0.2) is 17.5 Å². The molecule has 2 aromatic carbocycles. The lowest BCUT2D eigenvalue weighted by Gasteiger charge is -2.14. The third-order valence-electron chi connectivity index (χ3n) is 2.94. The number of halogens is 3. The fourth-order valence-corrected chi connectivity index (χ4v) is 1.95. The van der Waals surface area contributed by atoms with Crippen LogP contribution in [0.5, 0.6) is 0 Å². The maximum Gasteiger partial charge on any atom is 0.194 e. The van der Waals surface area contributed by atoms with Crippen LogP contribution < -0.4 is 0 Å². The molecule has 2 rings (SSSR count). The second-order valence-electron chi connectivity index (χ2n) is 4.35. The normalized spacial score (nSPS) is 12.4.